The molecule has 0 aromatic carbocycles. The van der Waals surface area contributed by atoms with Gasteiger partial charge in [-0.05, 0) is 12.6 Å². The van der Waals surface area contributed by atoms with Crippen molar-refractivity contribution in [3.8, 4) is 0 Å². The Kier molecular flexibility index (Phi) is 6.24. The molecule has 1 atom stereocenters. The van der Waals surface area contributed by atoms with E-state index in [-0.39, 0.29) is 6.61 Å². The van der Waals surface area contributed by atoms with E-state index in [9.17, 15) is 0 Å². The summed E-state index contributed by atoms with van der Waals surface area (Å²) in [5.74, 6) is 0. The van der Waals surface area contributed by atoms with Crippen LogP contribution in [0.25, 0.3) is 0 Å². The SMILES string of the molecule is OC/C=C\CCP. The molecule has 0 bridgehead atoms. The maximum absolute atomic E-state index is 8.20. The topological polar surface area (TPSA) is 20.2 Å². The van der Waals surface area contributed by atoms with Gasteiger partial charge in [-0.2, -0.15) is 0 Å². The fraction of sp³-hybridized carbons (Fsp3) is 0.600. The molecule has 2 heteroatoms. The van der Waals surface area contributed by atoms with Gasteiger partial charge in [-0.25, -0.2) is 0 Å². The number of allylic oxidation sites excluding steroid dienone is 1. The van der Waals surface area contributed by atoms with Crippen molar-refractivity contribution in [2.45, 2.75) is 6.42 Å². The van der Waals surface area contributed by atoms with Gasteiger partial charge in [-0.15, -0.1) is 9.24 Å². The minimum absolute atomic E-state index is 0.171. The highest BCUT2D eigenvalue weighted by atomic mass is 31.0. The summed E-state index contributed by atoms with van der Waals surface area (Å²) in [6.07, 6.45) is 5.85. The Morgan fingerprint density at radius 1 is 1.43 bits per heavy atom. The summed E-state index contributed by atoms with van der Waals surface area (Å²) >= 11 is 0. The first-order valence-corrected chi connectivity index (χ1v) is 3.19. The van der Waals surface area contributed by atoms with Gasteiger partial charge < -0.3 is 5.11 Å². The minimum atomic E-state index is 0.171. The molecule has 42 valence electrons. The van der Waals surface area contributed by atoms with Crippen molar-refractivity contribution in [2.75, 3.05) is 12.8 Å². The van der Waals surface area contributed by atoms with E-state index in [1.807, 2.05) is 6.08 Å². The number of hydrogen-bond acceptors (Lipinski definition) is 1. The summed E-state index contributed by atoms with van der Waals surface area (Å²) in [7, 11) is 2.62. The summed E-state index contributed by atoms with van der Waals surface area (Å²) in [6, 6.07) is 0. The van der Waals surface area contributed by atoms with Gasteiger partial charge in [0.25, 0.3) is 0 Å². The van der Waals surface area contributed by atoms with Crippen molar-refractivity contribution < 1.29 is 5.11 Å². The van der Waals surface area contributed by atoms with Gasteiger partial charge in [0, 0.05) is 0 Å². The lowest BCUT2D eigenvalue weighted by Gasteiger charge is -1.79. The Morgan fingerprint density at radius 2 is 2.14 bits per heavy atom. The van der Waals surface area contributed by atoms with Crippen LogP contribution in [0.1, 0.15) is 6.42 Å². The summed E-state index contributed by atoms with van der Waals surface area (Å²) in [4.78, 5) is 0. The van der Waals surface area contributed by atoms with Gasteiger partial charge in [-0.1, -0.05) is 12.2 Å². The zero-order valence-corrected chi connectivity index (χ0v) is 5.46. The van der Waals surface area contributed by atoms with Gasteiger partial charge in [0.05, 0.1) is 6.61 Å². The Balaban J connectivity index is 2.78. The molecule has 0 heterocycles. The van der Waals surface area contributed by atoms with Crippen LogP contribution >= 0.6 is 9.24 Å². The third-order valence-electron chi connectivity index (χ3n) is 0.605. The molecule has 0 aromatic rings. The molecule has 0 amide bonds. The van der Waals surface area contributed by atoms with Gasteiger partial charge in [0.15, 0.2) is 0 Å². The Morgan fingerprint density at radius 3 is 2.57 bits per heavy atom. The van der Waals surface area contributed by atoms with Crippen LogP contribution in [0.3, 0.4) is 0 Å². The Hall–Kier alpha value is 0.130. The quantitative estimate of drug-likeness (QED) is 0.429. The third-order valence-corrected chi connectivity index (χ3v) is 0.939. The first-order chi connectivity index (χ1) is 3.41. The number of aliphatic hydroxyl groups is 1. The van der Waals surface area contributed by atoms with Crippen LogP contribution in [0, 0.1) is 0 Å². The summed E-state index contributed by atoms with van der Waals surface area (Å²) in [5.41, 5.74) is 0. The number of hydrogen-bond donors (Lipinski definition) is 1. The van der Waals surface area contributed by atoms with Gasteiger partial charge in [0.1, 0.15) is 0 Å². The molecule has 7 heavy (non-hydrogen) atoms. The van der Waals surface area contributed by atoms with E-state index in [4.69, 9.17) is 5.11 Å². The maximum atomic E-state index is 8.20. The van der Waals surface area contributed by atoms with E-state index in [0.717, 1.165) is 12.6 Å². The summed E-state index contributed by atoms with van der Waals surface area (Å²) in [5, 5.41) is 8.20. The second-order valence-electron chi connectivity index (χ2n) is 1.23. The molecule has 0 aliphatic carbocycles. The van der Waals surface area contributed by atoms with Gasteiger partial charge in [-0.3, -0.25) is 0 Å². The van der Waals surface area contributed by atoms with Crippen LogP contribution in [0.5, 0.6) is 0 Å². The summed E-state index contributed by atoms with van der Waals surface area (Å²) < 4.78 is 0. The largest absolute Gasteiger partial charge is 0.392 e. The maximum Gasteiger partial charge on any atom is 0.0612 e. The first kappa shape index (κ1) is 7.13. The highest BCUT2D eigenvalue weighted by Crippen LogP contribution is 1.87. The Bertz CT molecular complexity index is 52.0. The van der Waals surface area contributed by atoms with Crippen LogP contribution in [0.15, 0.2) is 12.2 Å². The summed E-state index contributed by atoms with van der Waals surface area (Å²) in [6.45, 7) is 0.171. The predicted molar refractivity (Wildman–Crippen MR) is 35.4 cm³/mol. The van der Waals surface area contributed by atoms with Crippen LogP contribution < -0.4 is 0 Å². The van der Waals surface area contributed by atoms with Crippen LogP contribution in [0.4, 0.5) is 0 Å². The highest BCUT2D eigenvalue weighted by molar-refractivity contribution is 7.16. The number of aliphatic hydroxyl groups excluding tert-OH is 1. The van der Waals surface area contributed by atoms with Crippen molar-refractivity contribution in [1.29, 1.82) is 0 Å². The molecular weight excluding hydrogens is 107 g/mol. The molecule has 0 aliphatic rings. The van der Waals surface area contributed by atoms with Crippen LogP contribution in [0.2, 0.25) is 0 Å². The molecule has 0 rings (SSSR count). The van der Waals surface area contributed by atoms with Crippen molar-refractivity contribution in [3.63, 3.8) is 0 Å². The fourth-order valence-electron chi connectivity index (χ4n) is 0.289. The minimum Gasteiger partial charge on any atom is -0.392 e. The molecule has 1 unspecified atom stereocenters. The molecule has 0 spiro atoms. The molecule has 0 fully saturated rings. The Labute approximate surface area is 46.6 Å². The lowest BCUT2D eigenvalue weighted by Crippen LogP contribution is -1.71. The molecule has 0 saturated heterocycles. The van der Waals surface area contributed by atoms with Crippen molar-refractivity contribution in [3.05, 3.63) is 12.2 Å². The molecule has 0 aromatic heterocycles. The molecular formula is C5H11OP. The van der Waals surface area contributed by atoms with E-state index in [0.29, 0.717) is 0 Å². The van der Waals surface area contributed by atoms with Crippen molar-refractivity contribution >= 4 is 9.24 Å². The monoisotopic (exact) mass is 118 g/mol. The second-order valence-corrected chi connectivity index (χ2v) is 1.81. The van der Waals surface area contributed by atoms with Crippen LogP contribution in [-0.4, -0.2) is 17.9 Å². The van der Waals surface area contributed by atoms with Crippen LogP contribution in [-0.2, 0) is 0 Å². The van der Waals surface area contributed by atoms with E-state index < -0.39 is 0 Å². The van der Waals surface area contributed by atoms with Crippen molar-refractivity contribution in [2.24, 2.45) is 0 Å². The average Bonchev–Trinajstić information content (AvgIpc) is 1.69. The van der Waals surface area contributed by atoms with Gasteiger partial charge in [0.2, 0.25) is 0 Å². The standard InChI is InChI=1S/C5H11OP/c6-4-2-1-3-5-7/h1-2,6H,3-5,7H2/b2-1-. The smallest absolute Gasteiger partial charge is 0.0612 e. The van der Waals surface area contributed by atoms with E-state index in [2.05, 4.69) is 9.24 Å². The highest BCUT2D eigenvalue weighted by Gasteiger charge is 1.68. The second kappa shape index (κ2) is 6.13. The molecule has 1 nitrogen and oxygen atoms in total. The molecule has 1 N–H and O–H groups in total. The zero-order chi connectivity index (χ0) is 5.54. The van der Waals surface area contributed by atoms with E-state index in [1.54, 1.807) is 6.08 Å². The van der Waals surface area contributed by atoms with E-state index in [1.165, 1.54) is 0 Å². The fourth-order valence-corrected chi connectivity index (χ4v) is 0.481. The van der Waals surface area contributed by atoms with E-state index >= 15 is 0 Å². The first-order valence-electron chi connectivity index (χ1n) is 2.37. The predicted octanol–water partition coefficient (Wildman–Crippen LogP) is 0.800. The van der Waals surface area contributed by atoms with Crippen molar-refractivity contribution in [1.82, 2.24) is 0 Å². The normalized spacial score (nSPS) is 10.6. The molecule has 0 aliphatic heterocycles. The molecule has 0 saturated carbocycles. The lowest BCUT2D eigenvalue weighted by atomic mass is 10.4. The van der Waals surface area contributed by atoms with Gasteiger partial charge >= 0.3 is 0 Å². The number of rotatable bonds is 3. The molecule has 0 radical (unpaired) electrons. The third kappa shape index (κ3) is 6.13. The lowest BCUT2D eigenvalue weighted by molar-refractivity contribution is 0.342. The zero-order valence-electron chi connectivity index (χ0n) is 4.30. The average molecular weight is 118 g/mol.